The molecule has 7 nitrogen and oxygen atoms in total. The lowest BCUT2D eigenvalue weighted by molar-refractivity contribution is -0.118. The molecule has 0 aliphatic rings. The minimum atomic E-state index is -0.653. The highest BCUT2D eigenvalue weighted by Crippen LogP contribution is 2.35. The molecule has 0 radical (unpaired) electrons. The number of nitrogens with zero attached hydrogens (tertiary/aromatic N) is 1. The van der Waals surface area contributed by atoms with E-state index in [0.29, 0.717) is 22.0 Å². The summed E-state index contributed by atoms with van der Waals surface area (Å²) in [6.07, 6.45) is 1.31. The Hall–Kier alpha value is -3.70. The molecule has 172 valence electrons. The van der Waals surface area contributed by atoms with Gasteiger partial charge in [-0.25, -0.2) is 0 Å². The largest absolute Gasteiger partial charge is 0.508 e. The molecular weight excluding hydrogens is 501 g/mol. The Balaban J connectivity index is 1.68. The summed E-state index contributed by atoms with van der Waals surface area (Å²) in [7, 11) is 0. The zero-order valence-electron chi connectivity index (χ0n) is 17.3. The van der Waals surface area contributed by atoms with Crippen molar-refractivity contribution in [1.82, 2.24) is 0 Å². The van der Waals surface area contributed by atoms with E-state index in [0.717, 1.165) is 0 Å². The third-order valence-electron chi connectivity index (χ3n) is 4.30. The Morgan fingerprint density at radius 3 is 2.09 bits per heavy atom. The van der Waals surface area contributed by atoms with Crippen LogP contribution in [0.5, 0.6) is 11.5 Å². The molecule has 34 heavy (non-hydrogen) atoms. The number of hydrogen-bond donors (Lipinski definition) is 3. The number of rotatable bonds is 7. The summed E-state index contributed by atoms with van der Waals surface area (Å²) in [4.78, 5) is 24.5. The van der Waals surface area contributed by atoms with Crippen LogP contribution in [0.15, 0.2) is 66.2 Å². The Bertz CT molecular complexity index is 1260. The molecule has 0 saturated carbocycles. The van der Waals surface area contributed by atoms with Gasteiger partial charge in [0.1, 0.15) is 17.4 Å². The predicted molar refractivity (Wildman–Crippen MR) is 132 cm³/mol. The summed E-state index contributed by atoms with van der Waals surface area (Å²) in [6.45, 7) is -0.351. The minimum absolute atomic E-state index is 0.0445. The number of amides is 2. The Morgan fingerprint density at radius 2 is 1.50 bits per heavy atom. The molecule has 0 aromatic heterocycles. The van der Waals surface area contributed by atoms with Crippen LogP contribution in [0.25, 0.3) is 6.08 Å². The van der Waals surface area contributed by atoms with Crippen LogP contribution in [0.3, 0.4) is 0 Å². The number of carbonyl (C=O) groups excluding carboxylic acids is 2. The number of benzene rings is 3. The topological polar surface area (TPSA) is 111 Å². The maximum atomic E-state index is 12.4. The van der Waals surface area contributed by atoms with E-state index in [9.17, 15) is 20.0 Å². The molecule has 0 atom stereocenters. The zero-order valence-corrected chi connectivity index (χ0v) is 19.6. The molecule has 3 rings (SSSR count). The van der Waals surface area contributed by atoms with Crippen molar-refractivity contribution < 1.29 is 19.4 Å². The van der Waals surface area contributed by atoms with E-state index in [4.69, 9.17) is 39.5 Å². The van der Waals surface area contributed by atoms with E-state index in [1.165, 1.54) is 42.5 Å². The molecule has 0 aliphatic heterocycles. The lowest BCUT2D eigenvalue weighted by atomic mass is 10.1. The number of hydrogen-bond acceptors (Lipinski definition) is 5. The van der Waals surface area contributed by atoms with Crippen LogP contribution in [-0.2, 0) is 9.59 Å². The fourth-order valence-corrected chi connectivity index (χ4v) is 3.47. The van der Waals surface area contributed by atoms with Crippen LogP contribution in [0.2, 0.25) is 15.1 Å². The van der Waals surface area contributed by atoms with Crippen LogP contribution in [0.4, 0.5) is 11.4 Å². The first-order valence-corrected chi connectivity index (χ1v) is 10.8. The molecular formula is C24H16Cl3N3O4. The summed E-state index contributed by atoms with van der Waals surface area (Å²) in [6, 6.07) is 17.1. The molecule has 0 spiro atoms. The molecule has 0 saturated heterocycles. The lowest BCUT2D eigenvalue weighted by Gasteiger charge is -2.11. The van der Waals surface area contributed by atoms with Gasteiger partial charge in [-0.3, -0.25) is 9.59 Å². The molecule has 0 fully saturated rings. The molecule has 10 heteroatoms. The predicted octanol–water partition coefficient (Wildman–Crippen LogP) is 5.92. The SMILES string of the molecule is N#C/C(=C\c1cc(Cl)c(OCC(=O)Nc2ccc(Cl)cc2)c(Cl)c1)C(=O)Nc1ccc(O)cc1. The second kappa shape index (κ2) is 11.4. The highest BCUT2D eigenvalue weighted by atomic mass is 35.5. The second-order valence-corrected chi connectivity index (χ2v) is 8.08. The van der Waals surface area contributed by atoms with Crippen LogP contribution >= 0.6 is 34.8 Å². The molecule has 0 bridgehead atoms. The van der Waals surface area contributed by atoms with Gasteiger partial charge in [0, 0.05) is 16.4 Å². The smallest absolute Gasteiger partial charge is 0.266 e. The summed E-state index contributed by atoms with van der Waals surface area (Å²) in [5.41, 5.74) is 1.13. The van der Waals surface area contributed by atoms with E-state index in [2.05, 4.69) is 10.6 Å². The summed E-state index contributed by atoms with van der Waals surface area (Å²) < 4.78 is 5.46. The quantitative estimate of drug-likeness (QED) is 0.205. The van der Waals surface area contributed by atoms with Crippen molar-refractivity contribution in [2.24, 2.45) is 0 Å². The fraction of sp³-hybridized carbons (Fsp3) is 0.0417. The summed E-state index contributed by atoms with van der Waals surface area (Å²) in [5, 5.41) is 24.6. The standard InChI is InChI=1S/C24H16Cl3N3O4/c25-16-1-3-17(4-2-16)29-22(32)13-34-23-20(26)10-14(11-21(23)27)9-15(12-28)24(33)30-18-5-7-19(31)8-6-18/h1-11,31H,13H2,(H,29,32)(H,30,33)/b15-9+. The second-order valence-electron chi connectivity index (χ2n) is 6.83. The van der Waals surface area contributed by atoms with E-state index in [1.807, 2.05) is 6.07 Å². The van der Waals surface area contributed by atoms with Gasteiger partial charge in [-0.05, 0) is 72.3 Å². The number of phenols is 1. The van der Waals surface area contributed by atoms with Crippen molar-refractivity contribution in [3.63, 3.8) is 0 Å². The van der Waals surface area contributed by atoms with Crippen LogP contribution in [0.1, 0.15) is 5.56 Å². The average molecular weight is 517 g/mol. The van der Waals surface area contributed by atoms with Crippen molar-refractivity contribution >= 4 is 64.1 Å². The van der Waals surface area contributed by atoms with Crippen molar-refractivity contribution in [2.45, 2.75) is 0 Å². The number of halogens is 3. The first-order valence-electron chi connectivity index (χ1n) is 9.64. The van der Waals surface area contributed by atoms with E-state index < -0.39 is 11.8 Å². The van der Waals surface area contributed by atoms with Gasteiger partial charge >= 0.3 is 0 Å². The highest BCUT2D eigenvalue weighted by molar-refractivity contribution is 6.37. The number of anilines is 2. The summed E-state index contributed by atoms with van der Waals surface area (Å²) in [5.74, 6) is -0.961. The number of carbonyl (C=O) groups is 2. The number of ether oxygens (including phenoxy) is 1. The van der Waals surface area contributed by atoms with Gasteiger partial charge in [0.2, 0.25) is 0 Å². The van der Waals surface area contributed by atoms with Gasteiger partial charge in [0.25, 0.3) is 11.8 Å². The van der Waals surface area contributed by atoms with Crippen molar-refractivity contribution in [3.8, 4) is 17.6 Å². The Labute approximate surface area is 210 Å². The average Bonchev–Trinajstić information content (AvgIpc) is 2.80. The summed E-state index contributed by atoms with van der Waals surface area (Å²) >= 11 is 18.3. The minimum Gasteiger partial charge on any atom is -0.508 e. The van der Waals surface area contributed by atoms with Gasteiger partial charge in [-0.1, -0.05) is 34.8 Å². The molecule has 0 heterocycles. The van der Waals surface area contributed by atoms with Gasteiger partial charge in [0.15, 0.2) is 12.4 Å². The molecule has 3 aromatic carbocycles. The molecule has 0 aliphatic carbocycles. The van der Waals surface area contributed by atoms with Crippen LogP contribution in [0, 0.1) is 11.3 Å². The zero-order chi connectivity index (χ0) is 24.7. The maximum absolute atomic E-state index is 12.4. The van der Waals surface area contributed by atoms with Gasteiger partial charge in [0.05, 0.1) is 10.0 Å². The van der Waals surface area contributed by atoms with Crippen LogP contribution in [-0.4, -0.2) is 23.5 Å². The van der Waals surface area contributed by atoms with Crippen LogP contribution < -0.4 is 15.4 Å². The Morgan fingerprint density at radius 1 is 0.941 bits per heavy atom. The normalized spacial score (nSPS) is 10.8. The molecule has 3 N–H and O–H groups in total. The first kappa shape index (κ1) is 24.9. The van der Waals surface area contributed by atoms with Gasteiger partial charge in [-0.15, -0.1) is 0 Å². The maximum Gasteiger partial charge on any atom is 0.266 e. The number of nitrogens with one attached hydrogen (secondary N) is 2. The third kappa shape index (κ3) is 6.90. The first-order chi connectivity index (χ1) is 16.2. The van der Waals surface area contributed by atoms with Gasteiger partial charge < -0.3 is 20.5 Å². The van der Waals surface area contributed by atoms with Crippen molar-refractivity contribution in [1.29, 1.82) is 5.26 Å². The van der Waals surface area contributed by atoms with E-state index >= 15 is 0 Å². The number of nitriles is 1. The fourth-order valence-electron chi connectivity index (χ4n) is 2.73. The monoisotopic (exact) mass is 515 g/mol. The van der Waals surface area contributed by atoms with Gasteiger partial charge in [-0.2, -0.15) is 5.26 Å². The Kier molecular flexibility index (Phi) is 8.39. The number of phenolic OH excluding ortho intramolecular Hbond substituents is 1. The molecule has 2 amide bonds. The highest BCUT2D eigenvalue weighted by Gasteiger charge is 2.14. The van der Waals surface area contributed by atoms with Crippen molar-refractivity contribution in [3.05, 3.63) is 86.9 Å². The third-order valence-corrected chi connectivity index (χ3v) is 5.11. The number of aromatic hydroxyl groups is 1. The lowest BCUT2D eigenvalue weighted by Crippen LogP contribution is -2.20. The van der Waals surface area contributed by atoms with E-state index in [-0.39, 0.29) is 33.7 Å². The molecule has 3 aromatic rings. The van der Waals surface area contributed by atoms with E-state index in [1.54, 1.807) is 24.3 Å². The van der Waals surface area contributed by atoms with Crippen molar-refractivity contribution in [2.75, 3.05) is 17.2 Å². The molecule has 0 unspecified atom stereocenters.